The maximum atomic E-state index is 12.5. The van der Waals surface area contributed by atoms with Gasteiger partial charge in [-0.3, -0.25) is 4.79 Å². The lowest BCUT2D eigenvalue weighted by Crippen LogP contribution is -2.33. The second-order valence-corrected chi connectivity index (χ2v) is 4.81. The number of benzene rings is 1. The Labute approximate surface area is 114 Å². The van der Waals surface area contributed by atoms with Crippen molar-refractivity contribution in [3.63, 3.8) is 0 Å². The molecule has 1 saturated carbocycles. The number of aliphatic hydroxyl groups is 1. The van der Waals surface area contributed by atoms with Crippen molar-refractivity contribution >= 4 is 5.91 Å². The Bertz CT molecular complexity index is 535. The topological polar surface area (TPSA) is 40.5 Å². The van der Waals surface area contributed by atoms with Gasteiger partial charge in [0.2, 0.25) is 0 Å². The summed E-state index contributed by atoms with van der Waals surface area (Å²) in [5.41, 5.74) is 2.46. The average Bonchev–Trinajstić information content (AvgIpc) is 3.23. The van der Waals surface area contributed by atoms with Crippen LogP contribution in [0.2, 0.25) is 0 Å². The van der Waals surface area contributed by atoms with Crippen molar-refractivity contribution in [2.45, 2.75) is 32.7 Å². The Morgan fingerprint density at radius 3 is 2.79 bits per heavy atom. The summed E-state index contributed by atoms with van der Waals surface area (Å²) in [7, 11) is 0. The van der Waals surface area contributed by atoms with E-state index in [1.54, 1.807) is 0 Å². The predicted octanol–water partition coefficient (Wildman–Crippen LogP) is 1.96. The summed E-state index contributed by atoms with van der Waals surface area (Å²) < 4.78 is 0. The highest BCUT2D eigenvalue weighted by molar-refractivity contribution is 5.96. The smallest absolute Gasteiger partial charge is 0.254 e. The first-order valence-electron chi connectivity index (χ1n) is 6.68. The number of rotatable bonds is 3. The summed E-state index contributed by atoms with van der Waals surface area (Å²) >= 11 is 0. The molecule has 19 heavy (non-hydrogen) atoms. The molecule has 0 radical (unpaired) electrons. The highest BCUT2D eigenvalue weighted by atomic mass is 16.2. The minimum Gasteiger partial charge on any atom is -0.384 e. The van der Waals surface area contributed by atoms with E-state index in [-0.39, 0.29) is 12.5 Å². The molecule has 1 fully saturated rings. The maximum Gasteiger partial charge on any atom is 0.254 e. The molecular formula is C16H19NO2. The molecule has 0 heterocycles. The Hall–Kier alpha value is -1.79. The van der Waals surface area contributed by atoms with Crippen LogP contribution in [0.15, 0.2) is 18.2 Å². The van der Waals surface area contributed by atoms with Crippen molar-refractivity contribution in [2.24, 2.45) is 0 Å². The molecule has 0 atom stereocenters. The van der Waals surface area contributed by atoms with E-state index in [2.05, 4.69) is 11.8 Å². The number of hydrogen-bond donors (Lipinski definition) is 1. The van der Waals surface area contributed by atoms with E-state index in [9.17, 15) is 4.79 Å². The Kier molecular flexibility index (Phi) is 4.24. The molecule has 100 valence electrons. The molecule has 1 aromatic carbocycles. The van der Waals surface area contributed by atoms with Gasteiger partial charge in [0, 0.05) is 23.7 Å². The predicted molar refractivity (Wildman–Crippen MR) is 74.9 cm³/mol. The number of aryl methyl sites for hydroxylation is 1. The number of carbonyl (C=O) groups is 1. The molecule has 0 saturated heterocycles. The van der Waals surface area contributed by atoms with Crippen LogP contribution in [-0.4, -0.2) is 35.1 Å². The zero-order valence-corrected chi connectivity index (χ0v) is 11.4. The molecule has 1 N–H and O–H groups in total. The van der Waals surface area contributed by atoms with Crippen molar-refractivity contribution in [1.29, 1.82) is 0 Å². The molecular weight excluding hydrogens is 238 g/mol. The van der Waals surface area contributed by atoms with Crippen molar-refractivity contribution in [2.75, 3.05) is 13.2 Å². The van der Waals surface area contributed by atoms with Gasteiger partial charge in [-0.2, -0.15) is 0 Å². The zero-order chi connectivity index (χ0) is 13.8. The van der Waals surface area contributed by atoms with Crippen molar-refractivity contribution in [1.82, 2.24) is 4.90 Å². The van der Waals surface area contributed by atoms with Gasteiger partial charge in [0.15, 0.2) is 0 Å². The van der Waals surface area contributed by atoms with Gasteiger partial charge < -0.3 is 10.0 Å². The van der Waals surface area contributed by atoms with Crippen LogP contribution in [0.4, 0.5) is 0 Å². The van der Waals surface area contributed by atoms with E-state index in [4.69, 9.17) is 5.11 Å². The van der Waals surface area contributed by atoms with Gasteiger partial charge >= 0.3 is 0 Å². The van der Waals surface area contributed by atoms with Gasteiger partial charge in [-0.05, 0) is 44.4 Å². The SMILES string of the molecule is CCN(C(=O)c1cc(C#CCO)ccc1C)C1CC1. The third-order valence-corrected chi connectivity index (χ3v) is 3.37. The standard InChI is InChI=1S/C16H19NO2/c1-3-17(14-8-9-14)16(19)15-11-13(5-4-10-18)7-6-12(15)2/h6-7,11,14,18H,3,8-10H2,1-2H3. The summed E-state index contributed by atoms with van der Waals surface area (Å²) in [6.45, 7) is 4.54. The number of amides is 1. The van der Waals surface area contributed by atoms with Crippen LogP contribution in [0.1, 0.15) is 41.3 Å². The van der Waals surface area contributed by atoms with Crippen molar-refractivity contribution in [3.05, 3.63) is 34.9 Å². The zero-order valence-electron chi connectivity index (χ0n) is 11.4. The highest BCUT2D eigenvalue weighted by Crippen LogP contribution is 2.28. The summed E-state index contributed by atoms with van der Waals surface area (Å²) in [4.78, 5) is 14.5. The molecule has 2 rings (SSSR count). The molecule has 0 unspecified atom stereocenters. The van der Waals surface area contributed by atoms with E-state index in [0.717, 1.165) is 36.1 Å². The van der Waals surface area contributed by atoms with Crippen LogP contribution >= 0.6 is 0 Å². The lowest BCUT2D eigenvalue weighted by atomic mass is 10.0. The molecule has 0 aliphatic heterocycles. The molecule has 0 aromatic heterocycles. The third-order valence-electron chi connectivity index (χ3n) is 3.37. The summed E-state index contributed by atoms with van der Waals surface area (Å²) in [6.07, 6.45) is 2.23. The first-order valence-corrected chi connectivity index (χ1v) is 6.68. The molecule has 0 spiro atoms. The van der Waals surface area contributed by atoms with E-state index >= 15 is 0 Å². The summed E-state index contributed by atoms with van der Waals surface area (Å²) in [6, 6.07) is 6.03. The van der Waals surface area contributed by atoms with Crippen molar-refractivity contribution < 1.29 is 9.90 Å². The molecule has 3 nitrogen and oxygen atoms in total. The minimum atomic E-state index is -0.166. The molecule has 1 aliphatic rings. The van der Waals surface area contributed by atoms with E-state index in [1.165, 1.54) is 0 Å². The Morgan fingerprint density at radius 1 is 1.47 bits per heavy atom. The molecule has 1 aliphatic carbocycles. The first-order chi connectivity index (χ1) is 9.17. The van der Waals surface area contributed by atoms with Gasteiger partial charge in [0.05, 0.1) is 0 Å². The second-order valence-electron chi connectivity index (χ2n) is 4.81. The quantitative estimate of drug-likeness (QED) is 0.841. The van der Waals surface area contributed by atoms with Gasteiger partial charge in [0.1, 0.15) is 6.61 Å². The number of aliphatic hydroxyl groups excluding tert-OH is 1. The summed E-state index contributed by atoms with van der Waals surface area (Å²) in [5.74, 6) is 5.55. The number of carbonyl (C=O) groups excluding carboxylic acids is 1. The maximum absolute atomic E-state index is 12.5. The molecule has 1 aromatic rings. The van der Waals surface area contributed by atoms with Crippen LogP contribution in [0.3, 0.4) is 0 Å². The largest absolute Gasteiger partial charge is 0.384 e. The van der Waals surface area contributed by atoms with Gasteiger partial charge in [-0.25, -0.2) is 0 Å². The van der Waals surface area contributed by atoms with Crippen LogP contribution in [0.5, 0.6) is 0 Å². The number of nitrogens with zero attached hydrogens (tertiary/aromatic N) is 1. The second kappa shape index (κ2) is 5.90. The average molecular weight is 257 g/mol. The van der Waals surface area contributed by atoms with Crippen LogP contribution < -0.4 is 0 Å². The van der Waals surface area contributed by atoms with E-state index in [0.29, 0.717) is 6.04 Å². The fourth-order valence-electron chi connectivity index (χ4n) is 2.18. The Balaban J connectivity index is 2.29. The molecule has 3 heteroatoms. The fraction of sp³-hybridized carbons (Fsp3) is 0.438. The summed E-state index contributed by atoms with van der Waals surface area (Å²) in [5, 5.41) is 8.72. The fourth-order valence-corrected chi connectivity index (χ4v) is 2.18. The van der Waals surface area contributed by atoms with E-state index in [1.807, 2.05) is 36.9 Å². The van der Waals surface area contributed by atoms with Crippen molar-refractivity contribution in [3.8, 4) is 11.8 Å². The third kappa shape index (κ3) is 3.15. The first kappa shape index (κ1) is 13.6. The highest BCUT2D eigenvalue weighted by Gasteiger charge is 2.32. The van der Waals surface area contributed by atoms with Crippen LogP contribution in [-0.2, 0) is 0 Å². The van der Waals surface area contributed by atoms with Gasteiger partial charge in [-0.15, -0.1) is 0 Å². The number of hydrogen-bond acceptors (Lipinski definition) is 2. The van der Waals surface area contributed by atoms with Gasteiger partial charge in [0.25, 0.3) is 5.91 Å². The lowest BCUT2D eigenvalue weighted by Gasteiger charge is -2.21. The minimum absolute atomic E-state index is 0.0927. The van der Waals surface area contributed by atoms with E-state index < -0.39 is 0 Å². The molecule has 1 amide bonds. The molecule has 0 bridgehead atoms. The Morgan fingerprint density at radius 2 is 2.21 bits per heavy atom. The van der Waals surface area contributed by atoms with Crippen LogP contribution in [0, 0.1) is 18.8 Å². The monoisotopic (exact) mass is 257 g/mol. The normalized spacial score (nSPS) is 13.6. The lowest BCUT2D eigenvalue weighted by molar-refractivity contribution is 0.0752. The van der Waals surface area contributed by atoms with Gasteiger partial charge in [-0.1, -0.05) is 17.9 Å². The van der Waals surface area contributed by atoms with Crippen LogP contribution in [0.25, 0.3) is 0 Å².